The Morgan fingerprint density at radius 3 is 2.57 bits per heavy atom. The summed E-state index contributed by atoms with van der Waals surface area (Å²) < 4.78 is 5.55. The Bertz CT molecular complexity index is 602. The molecule has 0 bridgehead atoms. The maximum Gasteiger partial charge on any atom is 0.265 e. The Labute approximate surface area is 132 Å². The lowest BCUT2D eigenvalue weighted by molar-refractivity contribution is -0.122. The van der Waals surface area contributed by atoms with Crippen LogP contribution in [0.15, 0.2) is 47.6 Å². The van der Waals surface area contributed by atoms with Gasteiger partial charge in [-0.1, -0.05) is 11.6 Å². The molecule has 0 aliphatic rings. The van der Waals surface area contributed by atoms with Crippen LogP contribution in [0.5, 0.6) is 5.75 Å². The van der Waals surface area contributed by atoms with E-state index in [-0.39, 0.29) is 5.91 Å². The van der Waals surface area contributed by atoms with E-state index in [0.29, 0.717) is 16.5 Å². The van der Waals surface area contributed by atoms with E-state index < -0.39 is 6.10 Å². The first-order valence-electron chi connectivity index (χ1n) is 6.31. The normalized spacial score (nSPS) is 11.8. The summed E-state index contributed by atoms with van der Waals surface area (Å²) in [6, 6.07) is 10.5. The van der Waals surface area contributed by atoms with Crippen LogP contribution in [0.2, 0.25) is 5.02 Å². The third-order valence-corrected chi connectivity index (χ3v) is 3.62. The number of nitrogens with one attached hydrogen (secondary N) is 1. The molecule has 110 valence electrons. The maximum atomic E-state index is 12.0. The van der Waals surface area contributed by atoms with Crippen LogP contribution in [0.1, 0.15) is 6.92 Å². The van der Waals surface area contributed by atoms with Gasteiger partial charge in [-0.25, -0.2) is 4.98 Å². The molecule has 21 heavy (non-hydrogen) atoms. The lowest BCUT2D eigenvalue weighted by Crippen LogP contribution is -2.30. The first-order chi connectivity index (χ1) is 10.1. The second-order valence-electron chi connectivity index (χ2n) is 4.29. The van der Waals surface area contributed by atoms with Crippen molar-refractivity contribution in [1.82, 2.24) is 4.98 Å². The highest BCUT2D eigenvalue weighted by atomic mass is 35.5. The summed E-state index contributed by atoms with van der Waals surface area (Å²) in [5.74, 6) is 0.363. The van der Waals surface area contributed by atoms with Gasteiger partial charge in [-0.2, -0.15) is 0 Å². The number of ether oxygens (including phenoxy) is 1. The van der Waals surface area contributed by atoms with Crippen molar-refractivity contribution in [2.24, 2.45) is 0 Å². The molecule has 4 nitrogen and oxygen atoms in total. The molecule has 2 aromatic rings. The lowest BCUT2D eigenvalue weighted by atomic mass is 10.3. The highest BCUT2D eigenvalue weighted by Gasteiger charge is 2.15. The van der Waals surface area contributed by atoms with Gasteiger partial charge in [-0.3, -0.25) is 4.79 Å². The molecule has 1 aromatic carbocycles. The quantitative estimate of drug-likeness (QED) is 0.849. The topological polar surface area (TPSA) is 51.2 Å². The fourth-order valence-electron chi connectivity index (χ4n) is 1.59. The Hall–Kier alpha value is -1.72. The molecular formula is C15H15ClN2O2S. The first kappa shape index (κ1) is 15.7. The van der Waals surface area contributed by atoms with Gasteiger partial charge >= 0.3 is 0 Å². The number of carbonyl (C=O) groups excluding carboxylic acids is 1. The maximum absolute atomic E-state index is 12.0. The molecule has 1 N–H and O–H groups in total. The van der Waals surface area contributed by atoms with E-state index in [9.17, 15) is 4.79 Å². The highest BCUT2D eigenvalue weighted by Crippen LogP contribution is 2.18. The van der Waals surface area contributed by atoms with Crippen LogP contribution in [-0.4, -0.2) is 23.3 Å². The van der Waals surface area contributed by atoms with Crippen molar-refractivity contribution in [1.29, 1.82) is 0 Å². The van der Waals surface area contributed by atoms with Crippen LogP contribution < -0.4 is 10.1 Å². The minimum absolute atomic E-state index is 0.233. The zero-order valence-corrected chi connectivity index (χ0v) is 13.2. The Kier molecular flexibility index (Phi) is 5.47. The van der Waals surface area contributed by atoms with Gasteiger partial charge in [0, 0.05) is 5.02 Å². The van der Waals surface area contributed by atoms with Crippen LogP contribution in [0.4, 0.5) is 5.69 Å². The number of nitrogens with zero attached hydrogens (tertiary/aromatic N) is 1. The van der Waals surface area contributed by atoms with Crippen LogP contribution in [-0.2, 0) is 4.79 Å². The van der Waals surface area contributed by atoms with Crippen LogP contribution >= 0.6 is 23.4 Å². The largest absolute Gasteiger partial charge is 0.481 e. The molecule has 0 saturated carbocycles. The van der Waals surface area contributed by atoms with E-state index in [2.05, 4.69) is 10.3 Å². The third kappa shape index (κ3) is 4.65. The summed E-state index contributed by atoms with van der Waals surface area (Å²) in [4.78, 5) is 16.2. The number of halogens is 1. The van der Waals surface area contributed by atoms with Gasteiger partial charge in [-0.05, 0) is 49.6 Å². The molecule has 1 aromatic heterocycles. The van der Waals surface area contributed by atoms with Gasteiger partial charge in [0.1, 0.15) is 5.75 Å². The van der Waals surface area contributed by atoms with Gasteiger partial charge in [0.05, 0.1) is 16.9 Å². The number of hydrogen-bond acceptors (Lipinski definition) is 4. The first-order valence-corrected chi connectivity index (χ1v) is 7.92. The van der Waals surface area contributed by atoms with Crippen LogP contribution in [0.25, 0.3) is 0 Å². The minimum Gasteiger partial charge on any atom is -0.481 e. The molecule has 6 heteroatoms. The number of aromatic nitrogens is 1. The van der Waals surface area contributed by atoms with E-state index in [0.717, 1.165) is 5.03 Å². The third-order valence-electron chi connectivity index (χ3n) is 2.71. The molecule has 0 aliphatic heterocycles. The van der Waals surface area contributed by atoms with Crippen molar-refractivity contribution < 1.29 is 9.53 Å². The summed E-state index contributed by atoms with van der Waals surface area (Å²) in [5, 5.41) is 4.29. The summed E-state index contributed by atoms with van der Waals surface area (Å²) in [6.45, 7) is 1.69. The number of thioether (sulfide) groups is 1. The molecule has 1 atom stereocenters. The fraction of sp³-hybridized carbons (Fsp3) is 0.200. The number of rotatable bonds is 5. The Morgan fingerprint density at radius 2 is 2.00 bits per heavy atom. The predicted molar refractivity (Wildman–Crippen MR) is 86.2 cm³/mol. The zero-order valence-electron chi connectivity index (χ0n) is 11.7. The minimum atomic E-state index is -0.619. The molecular weight excluding hydrogens is 308 g/mol. The Balaban J connectivity index is 1.93. The average Bonchev–Trinajstić information content (AvgIpc) is 2.50. The monoisotopic (exact) mass is 322 g/mol. The van der Waals surface area contributed by atoms with E-state index in [4.69, 9.17) is 16.3 Å². The van der Waals surface area contributed by atoms with Gasteiger partial charge in [0.15, 0.2) is 6.10 Å². The number of carbonyl (C=O) groups is 1. The van der Waals surface area contributed by atoms with Crippen molar-refractivity contribution >= 4 is 35.0 Å². The summed E-state index contributed by atoms with van der Waals surface area (Å²) in [6.07, 6.45) is 2.95. The Morgan fingerprint density at radius 1 is 1.29 bits per heavy atom. The van der Waals surface area contributed by atoms with E-state index in [1.54, 1.807) is 49.1 Å². The summed E-state index contributed by atoms with van der Waals surface area (Å²) in [5.41, 5.74) is 0.643. The van der Waals surface area contributed by atoms with Gasteiger partial charge in [-0.15, -0.1) is 11.8 Å². The van der Waals surface area contributed by atoms with Crippen molar-refractivity contribution in [2.75, 3.05) is 11.6 Å². The van der Waals surface area contributed by atoms with Crippen molar-refractivity contribution in [3.63, 3.8) is 0 Å². The molecule has 0 radical (unpaired) electrons. The number of hydrogen-bond donors (Lipinski definition) is 1. The molecule has 1 unspecified atom stereocenters. The molecule has 1 amide bonds. The second-order valence-corrected chi connectivity index (χ2v) is 5.56. The van der Waals surface area contributed by atoms with Crippen molar-refractivity contribution in [2.45, 2.75) is 18.1 Å². The van der Waals surface area contributed by atoms with E-state index >= 15 is 0 Å². The standard InChI is InChI=1S/C15H15ClN2O2S/c1-10(20-13-6-3-11(16)4-7-13)15(19)18-12-5-8-14(21-2)17-9-12/h3-10H,1-2H3,(H,18,19). The van der Waals surface area contributed by atoms with Crippen molar-refractivity contribution in [3.05, 3.63) is 47.6 Å². The zero-order chi connectivity index (χ0) is 15.2. The smallest absolute Gasteiger partial charge is 0.265 e. The number of benzene rings is 1. The molecule has 0 spiro atoms. The molecule has 0 fully saturated rings. The SMILES string of the molecule is CSc1ccc(NC(=O)C(C)Oc2ccc(Cl)cc2)cn1. The van der Waals surface area contributed by atoms with E-state index in [1.807, 2.05) is 18.4 Å². The average molecular weight is 323 g/mol. The second kappa shape index (κ2) is 7.33. The van der Waals surface area contributed by atoms with Crippen LogP contribution in [0.3, 0.4) is 0 Å². The van der Waals surface area contributed by atoms with Gasteiger partial charge in [0.25, 0.3) is 5.91 Å². The molecule has 2 rings (SSSR count). The van der Waals surface area contributed by atoms with E-state index in [1.165, 1.54) is 0 Å². The number of amides is 1. The molecule has 1 heterocycles. The van der Waals surface area contributed by atoms with Crippen LogP contribution in [0, 0.1) is 0 Å². The summed E-state index contributed by atoms with van der Waals surface area (Å²) in [7, 11) is 0. The number of pyridine rings is 1. The van der Waals surface area contributed by atoms with Gasteiger partial charge in [0.2, 0.25) is 0 Å². The van der Waals surface area contributed by atoms with Gasteiger partial charge < -0.3 is 10.1 Å². The van der Waals surface area contributed by atoms with Crippen molar-refractivity contribution in [3.8, 4) is 5.75 Å². The molecule has 0 saturated heterocycles. The highest BCUT2D eigenvalue weighted by molar-refractivity contribution is 7.98. The molecule has 0 aliphatic carbocycles. The predicted octanol–water partition coefficient (Wildman–Crippen LogP) is 3.86. The summed E-state index contributed by atoms with van der Waals surface area (Å²) >= 11 is 7.35. The lowest BCUT2D eigenvalue weighted by Gasteiger charge is -2.14. The fourth-order valence-corrected chi connectivity index (χ4v) is 2.08. The number of anilines is 1.